The molecular weight excluding hydrogens is 282 g/mol. The molecule has 0 aliphatic rings. The largest absolute Gasteiger partial charge is 0.496 e. The van der Waals surface area contributed by atoms with Crippen molar-refractivity contribution in [3.8, 4) is 5.75 Å². The predicted octanol–water partition coefficient (Wildman–Crippen LogP) is 5.23. The molecule has 3 heteroatoms. The Morgan fingerprint density at radius 2 is 1.86 bits per heavy atom. The van der Waals surface area contributed by atoms with Gasteiger partial charge in [-0.25, -0.2) is 0 Å². The Balaban J connectivity index is 2.41. The smallest absolute Gasteiger partial charge is 0.122 e. The summed E-state index contributed by atoms with van der Waals surface area (Å²) in [5, 5.41) is 4.20. The maximum absolute atomic E-state index is 6.10. The average Bonchev–Trinajstić information content (AvgIpc) is 2.49. The lowest BCUT2D eigenvalue weighted by molar-refractivity contribution is 0.403. The number of nitrogens with one attached hydrogen (secondary N) is 1. The summed E-state index contributed by atoms with van der Waals surface area (Å²) in [5.41, 5.74) is 1.19. The summed E-state index contributed by atoms with van der Waals surface area (Å²) in [5.74, 6) is 0.933. The molecule has 0 saturated carbocycles. The van der Waals surface area contributed by atoms with Crippen molar-refractivity contribution in [3.05, 3.63) is 28.8 Å². The van der Waals surface area contributed by atoms with Crippen LogP contribution in [0.2, 0.25) is 5.02 Å². The number of hydrogen-bond donors (Lipinski definition) is 1. The summed E-state index contributed by atoms with van der Waals surface area (Å²) in [4.78, 5) is 0. The van der Waals surface area contributed by atoms with Gasteiger partial charge in [-0.05, 0) is 43.7 Å². The summed E-state index contributed by atoms with van der Waals surface area (Å²) < 4.78 is 5.43. The molecule has 1 aromatic rings. The van der Waals surface area contributed by atoms with Crippen molar-refractivity contribution < 1.29 is 4.74 Å². The van der Waals surface area contributed by atoms with Crippen LogP contribution < -0.4 is 10.1 Å². The first-order chi connectivity index (χ1) is 10.2. The average molecular weight is 312 g/mol. The van der Waals surface area contributed by atoms with Gasteiger partial charge in [0.15, 0.2) is 0 Å². The molecule has 1 rings (SSSR count). The quantitative estimate of drug-likeness (QED) is 0.565. The maximum Gasteiger partial charge on any atom is 0.122 e. The molecule has 1 aromatic carbocycles. The molecule has 0 fully saturated rings. The van der Waals surface area contributed by atoms with Crippen molar-refractivity contribution in [3.63, 3.8) is 0 Å². The number of unbranched alkanes of at least 4 members (excludes halogenated alkanes) is 5. The molecule has 1 N–H and O–H groups in total. The predicted molar refractivity (Wildman–Crippen MR) is 92.5 cm³/mol. The van der Waals surface area contributed by atoms with E-state index in [4.69, 9.17) is 16.3 Å². The van der Waals surface area contributed by atoms with E-state index in [0.717, 1.165) is 17.2 Å². The van der Waals surface area contributed by atoms with Crippen molar-refractivity contribution in [1.82, 2.24) is 5.32 Å². The monoisotopic (exact) mass is 311 g/mol. The van der Waals surface area contributed by atoms with Gasteiger partial charge in [-0.15, -0.1) is 0 Å². The lowest BCUT2D eigenvalue weighted by atomic mass is 9.99. The van der Waals surface area contributed by atoms with Crippen LogP contribution in [0.15, 0.2) is 18.2 Å². The van der Waals surface area contributed by atoms with E-state index < -0.39 is 0 Å². The highest BCUT2D eigenvalue weighted by molar-refractivity contribution is 6.30. The Morgan fingerprint density at radius 1 is 1.14 bits per heavy atom. The Hall–Kier alpha value is -0.730. The van der Waals surface area contributed by atoms with E-state index in [1.165, 1.54) is 50.5 Å². The maximum atomic E-state index is 6.10. The number of methoxy groups -OCH3 is 1. The molecule has 0 aromatic heterocycles. The number of benzene rings is 1. The van der Waals surface area contributed by atoms with Gasteiger partial charge in [0.05, 0.1) is 7.11 Å². The Kier molecular flexibility index (Phi) is 9.53. The standard InChI is InChI=1S/C18H30ClNO/c1-4-5-6-7-8-9-10-17(20-2)14-15-13-16(19)11-12-18(15)21-3/h11-13,17,20H,4-10,14H2,1-3H3. The van der Waals surface area contributed by atoms with Gasteiger partial charge in [0.1, 0.15) is 5.75 Å². The van der Waals surface area contributed by atoms with Crippen LogP contribution in [-0.2, 0) is 6.42 Å². The van der Waals surface area contributed by atoms with Gasteiger partial charge >= 0.3 is 0 Å². The number of halogens is 1. The molecule has 120 valence electrons. The zero-order chi connectivity index (χ0) is 15.5. The first-order valence-corrected chi connectivity index (χ1v) is 8.58. The lowest BCUT2D eigenvalue weighted by Crippen LogP contribution is -2.27. The highest BCUT2D eigenvalue weighted by Gasteiger charge is 2.11. The fourth-order valence-electron chi connectivity index (χ4n) is 2.69. The van der Waals surface area contributed by atoms with Crippen LogP contribution in [0.4, 0.5) is 0 Å². The van der Waals surface area contributed by atoms with Gasteiger partial charge in [-0.2, -0.15) is 0 Å². The van der Waals surface area contributed by atoms with E-state index in [1.54, 1.807) is 7.11 Å². The number of hydrogen-bond acceptors (Lipinski definition) is 2. The second-order valence-corrected chi connectivity index (χ2v) is 6.14. The fraction of sp³-hybridized carbons (Fsp3) is 0.667. The SMILES string of the molecule is CCCCCCCCC(Cc1cc(Cl)ccc1OC)NC. The first kappa shape index (κ1) is 18.3. The highest BCUT2D eigenvalue weighted by Crippen LogP contribution is 2.24. The molecule has 0 radical (unpaired) electrons. The Labute approximate surface area is 135 Å². The van der Waals surface area contributed by atoms with E-state index in [0.29, 0.717) is 6.04 Å². The zero-order valence-corrected chi connectivity index (χ0v) is 14.5. The van der Waals surface area contributed by atoms with Crippen molar-refractivity contribution in [2.45, 2.75) is 64.3 Å². The molecule has 21 heavy (non-hydrogen) atoms. The molecule has 0 saturated heterocycles. The summed E-state index contributed by atoms with van der Waals surface area (Å²) in [6.45, 7) is 2.26. The zero-order valence-electron chi connectivity index (χ0n) is 13.8. The molecule has 2 nitrogen and oxygen atoms in total. The van der Waals surface area contributed by atoms with E-state index in [-0.39, 0.29) is 0 Å². The van der Waals surface area contributed by atoms with Crippen LogP contribution in [0.1, 0.15) is 57.4 Å². The van der Waals surface area contributed by atoms with Gasteiger partial charge in [0.25, 0.3) is 0 Å². The van der Waals surface area contributed by atoms with Crippen molar-refractivity contribution in [2.24, 2.45) is 0 Å². The third-order valence-corrected chi connectivity index (χ3v) is 4.26. The second kappa shape index (κ2) is 10.9. The fourth-order valence-corrected chi connectivity index (χ4v) is 2.89. The molecule has 0 bridgehead atoms. The van der Waals surface area contributed by atoms with Gasteiger partial charge in [0.2, 0.25) is 0 Å². The highest BCUT2D eigenvalue weighted by atomic mass is 35.5. The summed E-state index contributed by atoms with van der Waals surface area (Å²) in [6, 6.07) is 6.34. The van der Waals surface area contributed by atoms with Crippen LogP contribution in [0, 0.1) is 0 Å². The minimum absolute atomic E-state index is 0.489. The molecule has 0 aliphatic carbocycles. The van der Waals surface area contributed by atoms with Crippen molar-refractivity contribution >= 4 is 11.6 Å². The lowest BCUT2D eigenvalue weighted by Gasteiger charge is -2.18. The molecule has 0 spiro atoms. The van der Waals surface area contributed by atoms with Crippen LogP contribution in [0.5, 0.6) is 5.75 Å². The molecule has 1 unspecified atom stereocenters. The van der Waals surface area contributed by atoms with Gasteiger partial charge in [-0.3, -0.25) is 0 Å². The minimum atomic E-state index is 0.489. The number of likely N-dealkylation sites (N-methyl/N-ethyl adjacent to an activating group) is 1. The second-order valence-electron chi connectivity index (χ2n) is 5.70. The van der Waals surface area contributed by atoms with Crippen LogP contribution in [0.25, 0.3) is 0 Å². The summed E-state index contributed by atoms with van der Waals surface area (Å²) >= 11 is 6.10. The minimum Gasteiger partial charge on any atom is -0.496 e. The van der Waals surface area contributed by atoms with E-state index in [1.807, 2.05) is 25.2 Å². The Bertz CT molecular complexity index is 395. The van der Waals surface area contributed by atoms with Crippen LogP contribution >= 0.6 is 11.6 Å². The molecule has 0 heterocycles. The van der Waals surface area contributed by atoms with E-state index in [9.17, 15) is 0 Å². The Morgan fingerprint density at radius 3 is 2.52 bits per heavy atom. The van der Waals surface area contributed by atoms with Crippen LogP contribution in [-0.4, -0.2) is 20.2 Å². The topological polar surface area (TPSA) is 21.3 Å². The molecule has 1 atom stereocenters. The molecule has 0 amide bonds. The third-order valence-electron chi connectivity index (χ3n) is 4.02. The van der Waals surface area contributed by atoms with Crippen molar-refractivity contribution in [2.75, 3.05) is 14.2 Å². The normalized spacial score (nSPS) is 12.4. The van der Waals surface area contributed by atoms with E-state index in [2.05, 4.69) is 12.2 Å². The third kappa shape index (κ3) is 7.19. The van der Waals surface area contributed by atoms with Crippen molar-refractivity contribution in [1.29, 1.82) is 0 Å². The van der Waals surface area contributed by atoms with Gasteiger partial charge < -0.3 is 10.1 Å². The molecule has 0 aliphatic heterocycles. The number of ether oxygens (including phenoxy) is 1. The van der Waals surface area contributed by atoms with E-state index >= 15 is 0 Å². The number of rotatable bonds is 11. The van der Waals surface area contributed by atoms with Gasteiger partial charge in [-0.1, -0.05) is 57.0 Å². The van der Waals surface area contributed by atoms with Gasteiger partial charge in [0, 0.05) is 11.1 Å². The van der Waals surface area contributed by atoms with Crippen LogP contribution in [0.3, 0.4) is 0 Å². The first-order valence-electron chi connectivity index (χ1n) is 8.21. The summed E-state index contributed by atoms with van der Waals surface area (Å²) in [7, 11) is 3.76. The summed E-state index contributed by atoms with van der Waals surface area (Å²) in [6.07, 6.45) is 10.2. The molecular formula is C18H30ClNO.